The maximum Gasteiger partial charge on any atom is 0.338 e. The van der Waals surface area contributed by atoms with Crippen LogP contribution in [0.4, 0.5) is 5.69 Å². The molecule has 0 atom stereocenters. The Morgan fingerprint density at radius 2 is 1.50 bits per heavy atom. The second kappa shape index (κ2) is 11.8. The minimum atomic E-state index is -0.682. The van der Waals surface area contributed by atoms with Crippen molar-refractivity contribution in [3.63, 3.8) is 0 Å². The number of rotatable bonds is 10. The number of halogens is 1. The van der Waals surface area contributed by atoms with Crippen molar-refractivity contribution in [1.82, 2.24) is 0 Å². The van der Waals surface area contributed by atoms with Gasteiger partial charge in [-0.1, -0.05) is 29.8 Å². The summed E-state index contributed by atoms with van der Waals surface area (Å²) in [5, 5.41) is 3.23. The molecule has 0 aliphatic heterocycles. The van der Waals surface area contributed by atoms with E-state index in [4.69, 9.17) is 35.3 Å². The van der Waals surface area contributed by atoms with E-state index in [0.717, 1.165) is 5.56 Å². The Kier molecular flexibility index (Phi) is 8.59. The van der Waals surface area contributed by atoms with Gasteiger partial charge < -0.3 is 29.0 Å². The molecule has 178 valence electrons. The summed E-state index contributed by atoms with van der Waals surface area (Å²) in [5.41, 5.74) is 1.50. The van der Waals surface area contributed by atoms with E-state index in [1.165, 1.54) is 33.5 Å². The number of ether oxygens (including phenoxy) is 5. The molecule has 0 saturated heterocycles. The smallest absolute Gasteiger partial charge is 0.338 e. The van der Waals surface area contributed by atoms with Gasteiger partial charge >= 0.3 is 5.97 Å². The lowest BCUT2D eigenvalue weighted by Gasteiger charge is -2.13. The Hall–Kier alpha value is -3.91. The molecule has 0 bridgehead atoms. The van der Waals surface area contributed by atoms with Crippen LogP contribution in [-0.4, -0.2) is 39.8 Å². The first kappa shape index (κ1) is 24.7. The number of benzene rings is 3. The molecular formula is C25H24ClNO7. The highest BCUT2D eigenvalue weighted by molar-refractivity contribution is 6.31. The summed E-state index contributed by atoms with van der Waals surface area (Å²) >= 11 is 6.15. The molecule has 0 aromatic heterocycles. The highest BCUT2D eigenvalue weighted by Crippen LogP contribution is 2.31. The Morgan fingerprint density at radius 1 is 0.824 bits per heavy atom. The number of anilines is 1. The molecule has 0 aliphatic rings. The van der Waals surface area contributed by atoms with Crippen molar-refractivity contribution in [1.29, 1.82) is 0 Å². The lowest BCUT2D eigenvalue weighted by Crippen LogP contribution is -2.21. The monoisotopic (exact) mass is 485 g/mol. The fourth-order valence-corrected chi connectivity index (χ4v) is 3.20. The maximum absolute atomic E-state index is 12.4. The summed E-state index contributed by atoms with van der Waals surface area (Å²) in [5.74, 6) is 0.577. The van der Waals surface area contributed by atoms with Gasteiger partial charge in [0.15, 0.2) is 29.6 Å². The Bertz CT molecular complexity index is 1170. The van der Waals surface area contributed by atoms with Crippen LogP contribution in [-0.2, 0) is 16.1 Å². The van der Waals surface area contributed by atoms with Gasteiger partial charge in [0.05, 0.1) is 26.9 Å². The quantitative estimate of drug-likeness (QED) is 0.414. The number of hydrogen-bond donors (Lipinski definition) is 1. The topological polar surface area (TPSA) is 92.3 Å². The van der Waals surface area contributed by atoms with Crippen LogP contribution in [0.2, 0.25) is 5.02 Å². The molecular weight excluding hydrogens is 462 g/mol. The van der Waals surface area contributed by atoms with Gasteiger partial charge in [-0.25, -0.2) is 4.79 Å². The average molecular weight is 486 g/mol. The predicted molar refractivity (Wildman–Crippen MR) is 127 cm³/mol. The second-order valence-electron chi connectivity index (χ2n) is 6.94. The SMILES string of the molecule is COc1ccc(NC(=O)COC(=O)c2ccc(OCc3ccccc3Cl)c(OC)c2)cc1OC. The summed E-state index contributed by atoms with van der Waals surface area (Å²) in [6.45, 7) is -0.240. The van der Waals surface area contributed by atoms with Gasteiger partial charge in [-0.2, -0.15) is 0 Å². The molecule has 0 radical (unpaired) electrons. The molecule has 1 N–H and O–H groups in total. The Morgan fingerprint density at radius 3 is 2.21 bits per heavy atom. The van der Waals surface area contributed by atoms with Gasteiger partial charge in [-0.05, 0) is 36.4 Å². The molecule has 0 saturated carbocycles. The fourth-order valence-electron chi connectivity index (χ4n) is 3.01. The van der Waals surface area contributed by atoms with Gasteiger partial charge in [0.2, 0.25) is 0 Å². The third-order valence-electron chi connectivity index (χ3n) is 4.74. The lowest BCUT2D eigenvalue weighted by molar-refractivity contribution is -0.119. The van der Waals surface area contributed by atoms with Crippen molar-refractivity contribution in [2.75, 3.05) is 33.3 Å². The van der Waals surface area contributed by atoms with Crippen LogP contribution in [0.25, 0.3) is 0 Å². The number of hydrogen-bond acceptors (Lipinski definition) is 7. The highest BCUT2D eigenvalue weighted by atomic mass is 35.5. The van der Waals surface area contributed by atoms with E-state index in [1.807, 2.05) is 18.2 Å². The van der Waals surface area contributed by atoms with E-state index >= 15 is 0 Å². The standard InChI is InChI=1S/C25H24ClNO7/c1-30-20-11-9-18(13-23(20)32-3)27-24(28)15-34-25(29)16-8-10-21(22(12-16)31-2)33-14-17-6-4-5-7-19(17)26/h4-13H,14-15H2,1-3H3,(H,27,28). The number of carbonyl (C=O) groups excluding carboxylic acids is 2. The van der Waals surface area contributed by atoms with Crippen molar-refractivity contribution >= 4 is 29.2 Å². The third-order valence-corrected chi connectivity index (χ3v) is 5.11. The molecule has 3 rings (SSSR count). The Balaban J connectivity index is 1.58. The minimum Gasteiger partial charge on any atom is -0.493 e. The lowest BCUT2D eigenvalue weighted by atomic mass is 10.2. The van der Waals surface area contributed by atoms with E-state index in [-0.39, 0.29) is 12.2 Å². The molecule has 0 heterocycles. The van der Waals surface area contributed by atoms with Crippen LogP contribution in [0.3, 0.4) is 0 Å². The average Bonchev–Trinajstić information content (AvgIpc) is 2.86. The number of amides is 1. The van der Waals surface area contributed by atoms with Crippen molar-refractivity contribution in [2.24, 2.45) is 0 Å². The van der Waals surface area contributed by atoms with E-state index in [2.05, 4.69) is 5.32 Å². The number of esters is 1. The molecule has 34 heavy (non-hydrogen) atoms. The van der Waals surface area contributed by atoms with Crippen LogP contribution >= 0.6 is 11.6 Å². The zero-order chi connectivity index (χ0) is 24.5. The first-order valence-corrected chi connectivity index (χ1v) is 10.6. The molecule has 0 spiro atoms. The normalized spacial score (nSPS) is 10.2. The van der Waals surface area contributed by atoms with Gasteiger partial charge in [-0.15, -0.1) is 0 Å². The minimum absolute atomic E-state index is 0.209. The summed E-state index contributed by atoms with van der Waals surface area (Å²) in [6.07, 6.45) is 0. The highest BCUT2D eigenvalue weighted by Gasteiger charge is 2.15. The molecule has 9 heteroatoms. The molecule has 0 aliphatic carbocycles. The van der Waals surface area contributed by atoms with Gasteiger partial charge in [0.25, 0.3) is 5.91 Å². The predicted octanol–water partition coefficient (Wildman–Crippen LogP) is 4.74. The summed E-state index contributed by atoms with van der Waals surface area (Å²) in [4.78, 5) is 24.6. The summed E-state index contributed by atoms with van der Waals surface area (Å²) < 4.78 is 26.6. The second-order valence-corrected chi connectivity index (χ2v) is 7.35. The molecule has 8 nitrogen and oxygen atoms in total. The van der Waals surface area contributed by atoms with E-state index < -0.39 is 18.5 Å². The summed E-state index contributed by atoms with van der Waals surface area (Å²) in [7, 11) is 4.47. The zero-order valence-corrected chi connectivity index (χ0v) is 19.7. The van der Waals surface area contributed by atoms with E-state index in [9.17, 15) is 9.59 Å². The number of methoxy groups -OCH3 is 3. The molecule has 0 fully saturated rings. The number of nitrogens with one attached hydrogen (secondary N) is 1. The van der Waals surface area contributed by atoms with Crippen molar-refractivity contribution in [3.8, 4) is 23.0 Å². The van der Waals surface area contributed by atoms with E-state index in [1.54, 1.807) is 30.3 Å². The van der Waals surface area contributed by atoms with Gasteiger partial charge in [0.1, 0.15) is 6.61 Å². The first-order chi connectivity index (χ1) is 16.4. The number of carbonyl (C=O) groups is 2. The Labute approximate surface area is 202 Å². The molecule has 0 unspecified atom stereocenters. The van der Waals surface area contributed by atoms with Crippen LogP contribution in [0.15, 0.2) is 60.7 Å². The largest absolute Gasteiger partial charge is 0.493 e. The van der Waals surface area contributed by atoms with Crippen LogP contribution in [0, 0.1) is 0 Å². The fraction of sp³-hybridized carbons (Fsp3) is 0.200. The van der Waals surface area contributed by atoms with Crippen LogP contribution < -0.4 is 24.3 Å². The maximum atomic E-state index is 12.4. The van der Waals surface area contributed by atoms with Crippen molar-refractivity contribution in [2.45, 2.75) is 6.61 Å². The van der Waals surface area contributed by atoms with Crippen molar-refractivity contribution < 1.29 is 33.3 Å². The van der Waals surface area contributed by atoms with Gasteiger partial charge in [0, 0.05) is 22.3 Å². The molecule has 1 amide bonds. The van der Waals surface area contributed by atoms with E-state index in [0.29, 0.717) is 33.7 Å². The zero-order valence-electron chi connectivity index (χ0n) is 18.9. The third kappa shape index (κ3) is 6.32. The first-order valence-electron chi connectivity index (χ1n) is 10.2. The van der Waals surface area contributed by atoms with Crippen LogP contribution in [0.5, 0.6) is 23.0 Å². The molecule has 3 aromatic carbocycles. The van der Waals surface area contributed by atoms with Crippen LogP contribution in [0.1, 0.15) is 15.9 Å². The molecule has 3 aromatic rings. The summed E-state index contributed by atoms with van der Waals surface area (Å²) in [6, 6.07) is 16.8. The van der Waals surface area contributed by atoms with Crippen molar-refractivity contribution in [3.05, 3.63) is 76.8 Å². The van der Waals surface area contributed by atoms with Gasteiger partial charge in [-0.3, -0.25) is 4.79 Å².